The molecule has 0 fully saturated rings. The van der Waals surface area contributed by atoms with Gasteiger partial charge < -0.3 is 10.3 Å². The van der Waals surface area contributed by atoms with E-state index in [1.54, 1.807) is 4.57 Å². The summed E-state index contributed by atoms with van der Waals surface area (Å²) in [7, 11) is 1.83. The largest absolute Gasteiger partial charge is 0.398 e. The van der Waals surface area contributed by atoms with Crippen LogP contribution in [0.1, 0.15) is 5.82 Å². The molecule has 4 nitrogen and oxygen atoms in total. The number of nitrogens with two attached hydrogens (primary N) is 1. The first kappa shape index (κ1) is 12.2. The van der Waals surface area contributed by atoms with Crippen LogP contribution in [0.15, 0.2) is 22.2 Å². The van der Waals surface area contributed by atoms with Crippen molar-refractivity contribution < 1.29 is 4.39 Å². The van der Waals surface area contributed by atoms with Gasteiger partial charge in [0.15, 0.2) is 5.16 Å². The molecule has 2 N–H and O–H groups in total. The lowest BCUT2D eigenvalue weighted by molar-refractivity contribution is 0.625. The first-order chi connectivity index (χ1) is 7.99. The maximum atomic E-state index is 13.3. The van der Waals surface area contributed by atoms with Gasteiger partial charge in [-0.15, -0.1) is 10.2 Å². The molecule has 0 radical (unpaired) electrons. The molecule has 0 unspecified atom stereocenters. The zero-order valence-corrected chi connectivity index (χ0v) is 10.8. The SMILES string of the molecule is Cc1nnc(Sc2cc(F)c(Cl)cc2N)n1C. The zero-order chi connectivity index (χ0) is 12.6. The zero-order valence-electron chi connectivity index (χ0n) is 9.24. The van der Waals surface area contributed by atoms with Gasteiger partial charge in [-0.1, -0.05) is 11.6 Å². The van der Waals surface area contributed by atoms with Crippen LogP contribution in [0.5, 0.6) is 0 Å². The van der Waals surface area contributed by atoms with Gasteiger partial charge in [-0.2, -0.15) is 0 Å². The van der Waals surface area contributed by atoms with E-state index in [4.69, 9.17) is 17.3 Å². The number of halogens is 2. The van der Waals surface area contributed by atoms with E-state index in [9.17, 15) is 4.39 Å². The van der Waals surface area contributed by atoms with E-state index in [0.717, 1.165) is 5.82 Å². The van der Waals surface area contributed by atoms with E-state index in [1.807, 2.05) is 14.0 Å². The predicted molar refractivity (Wildman–Crippen MR) is 65.7 cm³/mol. The summed E-state index contributed by atoms with van der Waals surface area (Å²) in [6.45, 7) is 1.84. The molecule has 0 saturated heterocycles. The van der Waals surface area contributed by atoms with Crippen LogP contribution in [0.4, 0.5) is 10.1 Å². The maximum absolute atomic E-state index is 13.3. The number of benzene rings is 1. The standard InChI is InChI=1S/C10H10ClFN4S/c1-5-14-15-10(16(5)2)17-9-4-7(12)6(11)3-8(9)13/h3-4H,13H2,1-2H3. The fourth-order valence-electron chi connectivity index (χ4n) is 1.21. The Morgan fingerprint density at radius 1 is 1.41 bits per heavy atom. The molecule has 0 spiro atoms. The third-order valence-corrected chi connectivity index (χ3v) is 3.71. The maximum Gasteiger partial charge on any atom is 0.195 e. The molecule has 0 saturated carbocycles. The van der Waals surface area contributed by atoms with Crippen LogP contribution in [0.25, 0.3) is 0 Å². The third kappa shape index (κ3) is 2.37. The molecule has 0 bridgehead atoms. The minimum absolute atomic E-state index is 0.0148. The number of rotatable bonds is 2. The van der Waals surface area contributed by atoms with Gasteiger partial charge in [0.2, 0.25) is 0 Å². The smallest absolute Gasteiger partial charge is 0.195 e. The predicted octanol–water partition coefficient (Wildman–Crippen LogP) is 2.65. The minimum Gasteiger partial charge on any atom is -0.398 e. The third-order valence-electron chi connectivity index (χ3n) is 2.31. The van der Waals surface area contributed by atoms with Crippen LogP contribution in [-0.4, -0.2) is 14.8 Å². The van der Waals surface area contributed by atoms with E-state index in [0.29, 0.717) is 15.7 Å². The van der Waals surface area contributed by atoms with Crippen LogP contribution in [0.3, 0.4) is 0 Å². The van der Waals surface area contributed by atoms with E-state index < -0.39 is 5.82 Å². The van der Waals surface area contributed by atoms with Gasteiger partial charge in [0.25, 0.3) is 0 Å². The second kappa shape index (κ2) is 4.54. The van der Waals surface area contributed by atoms with Crippen molar-refractivity contribution in [1.82, 2.24) is 14.8 Å². The average molecular weight is 273 g/mol. The number of hydrogen-bond acceptors (Lipinski definition) is 4. The Labute approximate surface area is 107 Å². The van der Waals surface area contributed by atoms with Crippen molar-refractivity contribution in [1.29, 1.82) is 0 Å². The van der Waals surface area contributed by atoms with Gasteiger partial charge in [0, 0.05) is 17.6 Å². The molecule has 1 heterocycles. The summed E-state index contributed by atoms with van der Waals surface area (Å²) in [5.41, 5.74) is 6.18. The summed E-state index contributed by atoms with van der Waals surface area (Å²) < 4.78 is 15.1. The summed E-state index contributed by atoms with van der Waals surface area (Å²) in [6, 6.07) is 2.69. The first-order valence-electron chi connectivity index (χ1n) is 4.77. The molecule has 7 heteroatoms. The van der Waals surface area contributed by atoms with Gasteiger partial charge >= 0.3 is 0 Å². The molecule has 1 aromatic carbocycles. The fraction of sp³-hybridized carbons (Fsp3) is 0.200. The molecule has 17 heavy (non-hydrogen) atoms. The van der Waals surface area contributed by atoms with E-state index in [-0.39, 0.29) is 5.02 Å². The van der Waals surface area contributed by atoms with Crippen LogP contribution < -0.4 is 5.73 Å². The molecule has 0 aliphatic heterocycles. The van der Waals surface area contributed by atoms with E-state index in [2.05, 4.69) is 10.2 Å². The van der Waals surface area contributed by atoms with Gasteiger partial charge in [-0.25, -0.2) is 4.39 Å². The Bertz CT molecular complexity index is 570. The van der Waals surface area contributed by atoms with Crippen LogP contribution >= 0.6 is 23.4 Å². The van der Waals surface area contributed by atoms with E-state index in [1.165, 1.54) is 23.9 Å². The summed E-state index contributed by atoms with van der Waals surface area (Å²) in [5.74, 6) is 0.280. The van der Waals surface area contributed by atoms with Gasteiger partial charge in [-0.05, 0) is 30.8 Å². The van der Waals surface area contributed by atoms with Gasteiger partial charge in [0.1, 0.15) is 11.6 Å². The summed E-state index contributed by atoms with van der Waals surface area (Å²) in [5, 5.41) is 8.55. The van der Waals surface area contributed by atoms with Crippen molar-refractivity contribution in [2.75, 3.05) is 5.73 Å². The second-order valence-electron chi connectivity index (χ2n) is 3.50. The topological polar surface area (TPSA) is 56.7 Å². The van der Waals surface area contributed by atoms with Crippen LogP contribution in [0.2, 0.25) is 5.02 Å². The number of hydrogen-bond donors (Lipinski definition) is 1. The van der Waals surface area contributed by atoms with Crippen molar-refractivity contribution in [3.05, 3.63) is 28.8 Å². The Balaban J connectivity index is 2.36. The monoisotopic (exact) mass is 272 g/mol. The summed E-state index contributed by atoms with van der Waals surface area (Å²) in [6.07, 6.45) is 0. The molecule has 0 aliphatic rings. The van der Waals surface area contributed by atoms with E-state index >= 15 is 0 Å². The first-order valence-corrected chi connectivity index (χ1v) is 5.97. The molecule has 0 aliphatic carbocycles. The Morgan fingerprint density at radius 2 is 2.12 bits per heavy atom. The normalized spacial score (nSPS) is 10.8. The minimum atomic E-state index is -0.498. The van der Waals surface area contributed by atoms with Gasteiger partial charge in [0.05, 0.1) is 5.02 Å². The fourth-order valence-corrected chi connectivity index (χ4v) is 2.27. The lowest BCUT2D eigenvalue weighted by atomic mass is 10.3. The highest BCUT2D eigenvalue weighted by atomic mass is 35.5. The molecule has 0 atom stereocenters. The quantitative estimate of drug-likeness (QED) is 0.854. The molecule has 2 rings (SSSR count). The number of anilines is 1. The summed E-state index contributed by atoms with van der Waals surface area (Å²) in [4.78, 5) is 0.572. The summed E-state index contributed by atoms with van der Waals surface area (Å²) >= 11 is 6.88. The lowest BCUT2D eigenvalue weighted by Gasteiger charge is -2.06. The second-order valence-corrected chi connectivity index (χ2v) is 4.91. The highest BCUT2D eigenvalue weighted by molar-refractivity contribution is 7.99. The molecule has 2 aromatic rings. The Hall–Kier alpha value is -1.27. The van der Waals surface area contributed by atoms with Crippen LogP contribution in [0, 0.1) is 12.7 Å². The van der Waals surface area contributed by atoms with Crippen molar-refractivity contribution in [3.8, 4) is 0 Å². The number of nitrogen functional groups attached to an aromatic ring is 1. The molecular weight excluding hydrogens is 263 g/mol. The Kier molecular flexibility index (Phi) is 3.26. The van der Waals surface area contributed by atoms with Crippen molar-refractivity contribution in [2.45, 2.75) is 17.0 Å². The number of aromatic nitrogens is 3. The molecular formula is C10H10ClFN4S. The van der Waals surface area contributed by atoms with Crippen molar-refractivity contribution >= 4 is 29.1 Å². The highest BCUT2D eigenvalue weighted by Crippen LogP contribution is 2.33. The average Bonchev–Trinajstić information content (AvgIpc) is 2.58. The molecule has 90 valence electrons. The number of aryl methyl sites for hydroxylation is 1. The number of nitrogens with zero attached hydrogens (tertiary/aromatic N) is 3. The van der Waals surface area contributed by atoms with Crippen molar-refractivity contribution in [3.63, 3.8) is 0 Å². The Morgan fingerprint density at radius 3 is 2.71 bits per heavy atom. The lowest BCUT2D eigenvalue weighted by Crippen LogP contribution is -1.95. The van der Waals surface area contributed by atoms with Gasteiger partial charge in [-0.3, -0.25) is 0 Å². The molecule has 1 aromatic heterocycles. The van der Waals surface area contributed by atoms with Crippen LogP contribution in [-0.2, 0) is 7.05 Å². The molecule has 0 amide bonds. The van der Waals surface area contributed by atoms with Crippen molar-refractivity contribution in [2.24, 2.45) is 7.05 Å². The highest BCUT2D eigenvalue weighted by Gasteiger charge is 2.12.